The van der Waals surface area contributed by atoms with Gasteiger partial charge in [0.15, 0.2) is 9.84 Å². The number of rotatable bonds is 3. The van der Waals surface area contributed by atoms with Crippen molar-refractivity contribution in [3.8, 4) is 5.75 Å². The second-order valence-corrected chi connectivity index (χ2v) is 7.54. The molecule has 1 saturated heterocycles. The smallest absolute Gasteiger partial charge is 0.154 e. The predicted octanol–water partition coefficient (Wildman–Crippen LogP) is 3.14. The average molecular weight is 311 g/mol. The lowest BCUT2D eigenvalue weighted by molar-refractivity contribution is 0.227. The summed E-state index contributed by atoms with van der Waals surface area (Å²) in [7, 11) is -2.94. The van der Waals surface area contributed by atoms with Gasteiger partial charge in [0.05, 0.1) is 17.4 Å². The van der Waals surface area contributed by atoms with E-state index in [0.29, 0.717) is 18.1 Å². The lowest BCUT2D eigenvalue weighted by atomic mass is 10.0. The van der Waals surface area contributed by atoms with Crippen molar-refractivity contribution in [3.63, 3.8) is 0 Å². The second kappa shape index (κ2) is 5.26. The molecule has 0 N–H and O–H groups in total. The molecule has 0 aliphatic carbocycles. The molecule has 106 valence electrons. The maximum absolute atomic E-state index is 11.5. The molecule has 0 aromatic heterocycles. The van der Waals surface area contributed by atoms with Crippen LogP contribution in [0.5, 0.6) is 5.75 Å². The van der Waals surface area contributed by atoms with Crippen LogP contribution in [0.3, 0.4) is 0 Å². The number of ether oxygens (including phenoxy) is 1. The molecule has 5 heteroatoms. The summed E-state index contributed by atoms with van der Waals surface area (Å²) < 4.78 is 28.9. The van der Waals surface area contributed by atoms with E-state index >= 15 is 0 Å². The highest BCUT2D eigenvalue weighted by Gasteiger charge is 2.29. The van der Waals surface area contributed by atoms with Crippen LogP contribution in [0.25, 0.3) is 10.8 Å². The molecule has 3 rings (SSSR count). The number of hydrogen-bond donors (Lipinski definition) is 0. The zero-order valence-electron chi connectivity index (χ0n) is 10.9. The van der Waals surface area contributed by atoms with Crippen molar-refractivity contribution >= 4 is 32.2 Å². The number of fused-ring (bicyclic) bond motifs is 1. The Morgan fingerprint density at radius 3 is 2.70 bits per heavy atom. The van der Waals surface area contributed by atoms with E-state index in [0.717, 1.165) is 16.3 Å². The highest BCUT2D eigenvalue weighted by atomic mass is 35.5. The van der Waals surface area contributed by atoms with Gasteiger partial charge in [-0.05, 0) is 23.3 Å². The van der Waals surface area contributed by atoms with Gasteiger partial charge in [0.1, 0.15) is 11.9 Å². The van der Waals surface area contributed by atoms with E-state index < -0.39 is 9.84 Å². The van der Waals surface area contributed by atoms with E-state index in [2.05, 4.69) is 0 Å². The van der Waals surface area contributed by atoms with Crippen LogP contribution in [0.2, 0.25) is 0 Å². The third kappa shape index (κ3) is 2.63. The van der Waals surface area contributed by atoms with Crippen molar-refractivity contribution in [2.45, 2.75) is 18.4 Å². The van der Waals surface area contributed by atoms with Crippen molar-refractivity contribution in [3.05, 3.63) is 42.0 Å². The van der Waals surface area contributed by atoms with Gasteiger partial charge in [-0.3, -0.25) is 0 Å². The Balaban J connectivity index is 1.96. The molecule has 1 fully saturated rings. The van der Waals surface area contributed by atoms with Crippen LogP contribution in [0, 0.1) is 0 Å². The third-order valence-corrected chi connectivity index (χ3v) is 5.62. The summed E-state index contributed by atoms with van der Waals surface area (Å²) in [4.78, 5) is 0. The van der Waals surface area contributed by atoms with Crippen molar-refractivity contribution in [1.82, 2.24) is 0 Å². The second-order valence-electron chi connectivity index (χ2n) is 5.04. The van der Waals surface area contributed by atoms with Crippen LogP contribution in [-0.2, 0) is 15.7 Å². The van der Waals surface area contributed by atoms with Gasteiger partial charge in [0, 0.05) is 5.56 Å². The largest absolute Gasteiger partial charge is 0.489 e. The van der Waals surface area contributed by atoms with Gasteiger partial charge in [-0.25, -0.2) is 8.42 Å². The summed E-state index contributed by atoms with van der Waals surface area (Å²) in [5.74, 6) is 1.35. The molecule has 1 aliphatic heterocycles. The first kappa shape index (κ1) is 13.7. The molecule has 0 amide bonds. The Hall–Kier alpha value is -1.26. The molecule has 0 spiro atoms. The standard InChI is InChI=1S/C15H15ClO3S/c16-9-14-13-4-2-1-3-11(13)5-6-15(14)19-12-7-8-20(17,18)10-12/h1-6,12H,7-10H2. The molecule has 0 saturated carbocycles. The fraction of sp³-hybridized carbons (Fsp3) is 0.333. The minimum absolute atomic E-state index is 0.0988. The van der Waals surface area contributed by atoms with Crippen LogP contribution in [0.4, 0.5) is 0 Å². The first-order chi connectivity index (χ1) is 9.59. The molecule has 0 bridgehead atoms. The summed E-state index contributed by atoms with van der Waals surface area (Å²) in [6.07, 6.45) is 0.291. The van der Waals surface area contributed by atoms with E-state index in [4.69, 9.17) is 16.3 Å². The van der Waals surface area contributed by atoms with Crippen LogP contribution in [0.1, 0.15) is 12.0 Å². The molecule has 1 atom stereocenters. The number of hydrogen-bond acceptors (Lipinski definition) is 3. The Morgan fingerprint density at radius 2 is 2.00 bits per heavy atom. The monoisotopic (exact) mass is 310 g/mol. The zero-order chi connectivity index (χ0) is 14.2. The van der Waals surface area contributed by atoms with Gasteiger partial charge >= 0.3 is 0 Å². The maximum atomic E-state index is 11.5. The SMILES string of the molecule is O=S1(=O)CCC(Oc2ccc3ccccc3c2CCl)C1. The van der Waals surface area contributed by atoms with Crippen LogP contribution in [-0.4, -0.2) is 26.0 Å². The fourth-order valence-electron chi connectivity index (χ4n) is 2.60. The van der Waals surface area contributed by atoms with Gasteiger partial charge < -0.3 is 4.74 Å². The first-order valence-electron chi connectivity index (χ1n) is 6.53. The topological polar surface area (TPSA) is 43.4 Å². The molecule has 1 aliphatic rings. The van der Waals surface area contributed by atoms with E-state index in [9.17, 15) is 8.42 Å². The van der Waals surface area contributed by atoms with Crippen molar-refractivity contribution < 1.29 is 13.2 Å². The number of halogens is 1. The zero-order valence-corrected chi connectivity index (χ0v) is 12.5. The summed E-state index contributed by atoms with van der Waals surface area (Å²) in [6, 6.07) is 11.8. The van der Waals surface area contributed by atoms with E-state index in [1.165, 1.54) is 0 Å². The number of sulfone groups is 1. The molecule has 20 heavy (non-hydrogen) atoms. The van der Waals surface area contributed by atoms with Gasteiger partial charge in [-0.2, -0.15) is 0 Å². The van der Waals surface area contributed by atoms with E-state index in [-0.39, 0.29) is 17.6 Å². The number of benzene rings is 2. The maximum Gasteiger partial charge on any atom is 0.154 e. The lowest BCUT2D eigenvalue weighted by Crippen LogP contribution is -2.18. The highest BCUT2D eigenvalue weighted by molar-refractivity contribution is 7.91. The Kier molecular flexibility index (Phi) is 3.61. The average Bonchev–Trinajstić information content (AvgIpc) is 2.78. The minimum Gasteiger partial charge on any atom is -0.489 e. The molecule has 1 heterocycles. The molecule has 2 aromatic rings. The number of alkyl halides is 1. The van der Waals surface area contributed by atoms with Crippen molar-refractivity contribution in [2.75, 3.05) is 11.5 Å². The summed E-state index contributed by atoms with van der Waals surface area (Å²) in [5, 5.41) is 2.16. The van der Waals surface area contributed by atoms with Gasteiger partial charge in [0.2, 0.25) is 0 Å². The normalized spacial score (nSPS) is 21.1. The van der Waals surface area contributed by atoms with Gasteiger partial charge in [-0.15, -0.1) is 11.6 Å². The molecule has 1 unspecified atom stereocenters. The Labute approximate surface area is 123 Å². The molecule has 0 radical (unpaired) electrons. The Bertz CT molecular complexity index is 740. The highest BCUT2D eigenvalue weighted by Crippen LogP contribution is 2.31. The molecular formula is C15H15ClO3S. The summed E-state index contributed by atoms with van der Waals surface area (Å²) in [6.45, 7) is 0. The first-order valence-corrected chi connectivity index (χ1v) is 8.88. The predicted molar refractivity (Wildman–Crippen MR) is 81.2 cm³/mol. The van der Waals surface area contributed by atoms with E-state index in [1.807, 2.05) is 36.4 Å². The summed E-state index contributed by atoms with van der Waals surface area (Å²) in [5.41, 5.74) is 0.925. The minimum atomic E-state index is -2.94. The van der Waals surface area contributed by atoms with Crippen molar-refractivity contribution in [1.29, 1.82) is 0 Å². The van der Waals surface area contributed by atoms with Crippen molar-refractivity contribution in [2.24, 2.45) is 0 Å². The van der Waals surface area contributed by atoms with Gasteiger partial charge in [0.25, 0.3) is 0 Å². The van der Waals surface area contributed by atoms with Crippen LogP contribution in [0.15, 0.2) is 36.4 Å². The Morgan fingerprint density at radius 1 is 1.20 bits per heavy atom. The molecular weight excluding hydrogens is 296 g/mol. The van der Waals surface area contributed by atoms with Crippen LogP contribution >= 0.6 is 11.6 Å². The molecule has 2 aromatic carbocycles. The molecule has 3 nitrogen and oxygen atoms in total. The third-order valence-electron chi connectivity index (χ3n) is 3.62. The van der Waals surface area contributed by atoms with Gasteiger partial charge in [-0.1, -0.05) is 30.3 Å². The lowest BCUT2D eigenvalue weighted by Gasteiger charge is -2.16. The van der Waals surface area contributed by atoms with Crippen LogP contribution < -0.4 is 4.74 Å². The summed E-state index contributed by atoms with van der Waals surface area (Å²) >= 11 is 6.05. The van der Waals surface area contributed by atoms with E-state index in [1.54, 1.807) is 0 Å². The quantitative estimate of drug-likeness (QED) is 0.818. The fourth-order valence-corrected chi connectivity index (χ4v) is 4.46.